The van der Waals surface area contributed by atoms with Gasteiger partial charge in [-0.3, -0.25) is 37.3 Å². The number of hydrogen-bond donors (Lipinski definition) is 3. The molecule has 0 fully saturated rings. The van der Waals surface area contributed by atoms with Crippen LogP contribution in [0, 0.1) is 17.8 Å². The molecule has 17 nitrogen and oxygen atoms in total. The molecule has 0 saturated carbocycles. The Balaban J connectivity index is 5.26. The van der Waals surface area contributed by atoms with Gasteiger partial charge in [-0.05, 0) is 43.4 Å². The molecule has 0 bridgehead atoms. The minimum absolute atomic E-state index is 0.107. The normalized spacial score (nSPS) is 14.2. The second kappa shape index (κ2) is 72.3. The maximum atomic E-state index is 13.1. The number of hydrogen-bond acceptors (Lipinski definition) is 15. The van der Waals surface area contributed by atoms with Gasteiger partial charge in [-0.2, -0.15) is 0 Å². The Morgan fingerprint density at radius 1 is 0.287 bits per heavy atom. The van der Waals surface area contributed by atoms with Crippen molar-refractivity contribution < 1.29 is 80.2 Å². The Morgan fingerprint density at radius 3 is 0.752 bits per heavy atom. The van der Waals surface area contributed by atoms with Crippen LogP contribution in [0.2, 0.25) is 0 Å². The van der Waals surface area contributed by atoms with E-state index in [-0.39, 0.29) is 25.7 Å². The molecule has 0 heterocycles. The zero-order valence-electron chi connectivity index (χ0n) is 66.4. The predicted octanol–water partition coefficient (Wildman–Crippen LogP) is 24.5. The second-order valence-electron chi connectivity index (χ2n) is 30.7. The first-order chi connectivity index (χ1) is 48.8. The molecule has 0 spiro atoms. The molecular weight excluding hydrogens is 1320 g/mol. The summed E-state index contributed by atoms with van der Waals surface area (Å²) in [5.74, 6) is 0.278. The van der Waals surface area contributed by atoms with Gasteiger partial charge < -0.3 is 33.8 Å². The molecule has 3 N–H and O–H groups in total. The maximum absolute atomic E-state index is 13.1. The van der Waals surface area contributed by atoms with E-state index in [1.807, 2.05) is 0 Å². The van der Waals surface area contributed by atoms with Crippen LogP contribution in [0.3, 0.4) is 0 Å². The molecule has 3 unspecified atom stereocenters. The van der Waals surface area contributed by atoms with Crippen molar-refractivity contribution >= 4 is 39.5 Å². The van der Waals surface area contributed by atoms with E-state index in [9.17, 15) is 43.2 Å². The summed E-state index contributed by atoms with van der Waals surface area (Å²) in [5.41, 5.74) is 0. The van der Waals surface area contributed by atoms with E-state index in [0.717, 1.165) is 108 Å². The Hall–Kier alpha value is -1.94. The molecule has 0 amide bonds. The number of ether oxygens (including phenoxy) is 4. The molecule has 0 aliphatic heterocycles. The van der Waals surface area contributed by atoms with E-state index in [1.54, 1.807) is 0 Å². The Bertz CT molecular complexity index is 1960. The van der Waals surface area contributed by atoms with Gasteiger partial charge in [-0.15, -0.1) is 0 Å². The second-order valence-corrected chi connectivity index (χ2v) is 33.6. The molecule has 6 atom stereocenters. The SMILES string of the molecule is CCCCCCCCCCCCCCCC(=O)O[C@H](COC(=O)CCCCCCCCCCC(C)CC)COP(=O)(O)OC[C@H](O)COP(=O)(O)OC[C@@H](COC(=O)CCCCCCCCCCCCCCCCC(C)C)OC(=O)CCCCCCCCCCCCCCCCCCC(C)C. The van der Waals surface area contributed by atoms with Crippen LogP contribution >= 0.6 is 15.6 Å². The predicted molar refractivity (Wildman–Crippen MR) is 414 cm³/mol. The third kappa shape index (κ3) is 74.7. The summed E-state index contributed by atoms with van der Waals surface area (Å²) < 4.78 is 68.8. The minimum Gasteiger partial charge on any atom is -0.462 e. The zero-order chi connectivity index (χ0) is 74.4. The smallest absolute Gasteiger partial charge is 0.462 e. The van der Waals surface area contributed by atoms with Crippen molar-refractivity contribution in [3.8, 4) is 0 Å². The summed E-state index contributed by atoms with van der Waals surface area (Å²) in [4.78, 5) is 73.1. The summed E-state index contributed by atoms with van der Waals surface area (Å²) in [6.07, 6.45) is 60.9. The third-order valence-electron chi connectivity index (χ3n) is 19.5. The lowest BCUT2D eigenvalue weighted by Gasteiger charge is -2.21. The molecule has 19 heteroatoms. The van der Waals surface area contributed by atoms with Crippen molar-refractivity contribution in [1.29, 1.82) is 0 Å². The highest BCUT2D eigenvalue weighted by molar-refractivity contribution is 7.47. The van der Waals surface area contributed by atoms with Gasteiger partial charge in [0.05, 0.1) is 26.4 Å². The highest BCUT2D eigenvalue weighted by atomic mass is 31.2. The molecule has 0 aromatic carbocycles. The standard InChI is InChI=1S/C82H160O17P2/c1-8-10-11-12-13-14-15-22-30-35-44-51-58-65-81(86)99-78(70-93-80(85)64-57-50-43-38-37-41-48-55-62-75(7)9-2)72-97-101(90,91)95-68-76(83)67-94-100(88,89)96-71-77(69-92-79(84)63-56-49-42-34-29-25-21-20-24-28-33-40-47-54-61-74(5)6)98-82(87)66-59-52-45-36-31-26-19-17-16-18-23-27-32-39-46-53-60-73(3)4/h73-78,83H,8-72H2,1-7H3,(H,88,89)(H,90,91)/t75?,76-,77-,78-/m1/s1. The number of rotatable bonds is 80. The van der Waals surface area contributed by atoms with Gasteiger partial charge >= 0.3 is 39.5 Å². The molecular formula is C82H160O17P2. The van der Waals surface area contributed by atoms with Crippen molar-refractivity contribution in [2.24, 2.45) is 17.8 Å². The lowest BCUT2D eigenvalue weighted by Crippen LogP contribution is -2.30. The van der Waals surface area contributed by atoms with Crippen LogP contribution < -0.4 is 0 Å². The number of carbonyl (C=O) groups is 4. The summed E-state index contributed by atoms with van der Waals surface area (Å²) in [7, 11) is -9.92. The Morgan fingerprint density at radius 2 is 0.505 bits per heavy atom. The summed E-state index contributed by atoms with van der Waals surface area (Å²) >= 11 is 0. The molecule has 600 valence electrons. The monoisotopic (exact) mass is 1480 g/mol. The number of unbranched alkanes of at least 4 members (excludes halogenated alkanes) is 47. The van der Waals surface area contributed by atoms with Crippen LogP contribution in [0.5, 0.6) is 0 Å². The van der Waals surface area contributed by atoms with E-state index in [0.29, 0.717) is 25.7 Å². The molecule has 0 rings (SSSR count). The first kappa shape index (κ1) is 99.1. The number of phosphoric ester groups is 2. The van der Waals surface area contributed by atoms with E-state index < -0.39 is 97.5 Å². The van der Waals surface area contributed by atoms with Gasteiger partial charge in [0.2, 0.25) is 0 Å². The molecule has 0 aliphatic carbocycles. The topological polar surface area (TPSA) is 237 Å². The number of carbonyl (C=O) groups excluding carboxylic acids is 4. The van der Waals surface area contributed by atoms with Crippen LogP contribution in [0.25, 0.3) is 0 Å². The molecule has 0 aromatic rings. The lowest BCUT2D eigenvalue weighted by molar-refractivity contribution is -0.161. The van der Waals surface area contributed by atoms with Crippen LogP contribution in [0.1, 0.15) is 427 Å². The number of phosphoric acid groups is 2. The van der Waals surface area contributed by atoms with Gasteiger partial charge in [0.25, 0.3) is 0 Å². The number of aliphatic hydroxyl groups is 1. The third-order valence-corrected chi connectivity index (χ3v) is 21.4. The summed E-state index contributed by atoms with van der Waals surface area (Å²) in [5, 5.41) is 10.7. The maximum Gasteiger partial charge on any atom is 0.472 e. The van der Waals surface area contributed by atoms with Gasteiger partial charge in [0.15, 0.2) is 12.2 Å². The molecule has 0 saturated heterocycles. The Kier molecular flexibility index (Phi) is 70.9. The number of aliphatic hydroxyl groups excluding tert-OH is 1. The molecule has 0 aliphatic rings. The van der Waals surface area contributed by atoms with Crippen LogP contribution in [0.4, 0.5) is 0 Å². The quantitative estimate of drug-likeness (QED) is 0.0222. The van der Waals surface area contributed by atoms with Gasteiger partial charge in [-0.25, -0.2) is 9.13 Å². The van der Waals surface area contributed by atoms with Crippen molar-refractivity contribution in [2.45, 2.75) is 446 Å². The zero-order valence-corrected chi connectivity index (χ0v) is 68.2. The van der Waals surface area contributed by atoms with Gasteiger partial charge in [0, 0.05) is 25.7 Å². The average Bonchev–Trinajstić information content (AvgIpc) is 1.03. The molecule has 0 aromatic heterocycles. The largest absolute Gasteiger partial charge is 0.472 e. The number of esters is 4. The van der Waals surface area contributed by atoms with Crippen LogP contribution in [-0.2, 0) is 65.4 Å². The van der Waals surface area contributed by atoms with Crippen molar-refractivity contribution in [2.75, 3.05) is 39.6 Å². The summed E-state index contributed by atoms with van der Waals surface area (Å²) in [6.45, 7) is 12.0. The first-order valence-corrected chi connectivity index (χ1v) is 45.4. The Labute approximate surface area is 619 Å². The van der Waals surface area contributed by atoms with Crippen molar-refractivity contribution in [1.82, 2.24) is 0 Å². The van der Waals surface area contributed by atoms with Crippen LogP contribution in [0.15, 0.2) is 0 Å². The van der Waals surface area contributed by atoms with E-state index in [2.05, 4.69) is 48.5 Å². The highest BCUT2D eigenvalue weighted by Crippen LogP contribution is 2.45. The lowest BCUT2D eigenvalue weighted by atomic mass is 9.99. The van der Waals surface area contributed by atoms with Gasteiger partial charge in [0.1, 0.15) is 19.3 Å². The molecule has 101 heavy (non-hydrogen) atoms. The van der Waals surface area contributed by atoms with Crippen LogP contribution in [-0.4, -0.2) is 96.7 Å². The highest BCUT2D eigenvalue weighted by Gasteiger charge is 2.30. The fourth-order valence-electron chi connectivity index (χ4n) is 12.6. The molecule has 0 radical (unpaired) electrons. The summed E-state index contributed by atoms with van der Waals surface area (Å²) in [6, 6.07) is 0. The first-order valence-electron chi connectivity index (χ1n) is 42.4. The van der Waals surface area contributed by atoms with Crippen molar-refractivity contribution in [3.63, 3.8) is 0 Å². The fourth-order valence-corrected chi connectivity index (χ4v) is 14.2. The van der Waals surface area contributed by atoms with Crippen molar-refractivity contribution in [3.05, 3.63) is 0 Å². The van der Waals surface area contributed by atoms with E-state index >= 15 is 0 Å². The average molecular weight is 1480 g/mol. The van der Waals surface area contributed by atoms with E-state index in [1.165, 1.54) is 238 Å². The van der Waals surface area contributed by atoms with E-state index in [4.69, 9.17) is 37.0 Å². The van der Waals surface area contributed by atoms with Gasteiger partial charge in [-0.1, -0.05) is 376 Å². The fraction of sp³-hybridized carbons (Fsp3) is 0.951. The minimum atomic E-state index is -4.96.